The fourth-order valence-corrected chi connectivity index (χ4v) is 5.87. The molecule has 0 aromatic heterocycles. The fourth-order valence-electron chi connectivity index (χ4n) is 3.54. The number of unbranched alkanes of at least 4 members (excludes halogenated alkanes) is 2. The first-order valence-corrected chi connectivity index (χ1v) is 14.3. The second kappa shape index (κ2) is 14.2. The van der Waals surface area contributed by atoms with E-state index in [-0.39, 0.29) is 11.9 Å². The highest BCUT2D eigenvalue weighted by Crippen LogP contribution is 2.39. The van der Waals surface area contributed by atoms with Gasteiger partial charge in [0, 0.05) is 17.4 Å². The molecule has 2 aromatic rings. The molecule has 0 radical (unpaired) electrons. The number of carbonyl (C=O) groups is 2. The molecule has 0 atom stereocenters. The number of ether oxygens (including phenoxy) is 3. The summed E-state index contributed by atoms with van der Waals surface area (Å²) in [7, 11) is 1.58. The number of esters is 1. The summed E-state index contributed by atoms with van der Waals surface area (Å²) in [6.45, 7) is 3.10. The summed E-state index contributed by atoms with van der Waals surface area (Å²) in [6.07, 6.45) is 4.52. The van der Waals surface area contributed by atoms with Crippen molar-refractivity contribution in [3.8, 4) is 11.5 Å². The van der Waals surface area contributed by atoms with Crippen LogP contribution in [-0.4, -0.2) is 41.4 Å². The molecule has 0 unspecified atom stereocenters. The third-order valence-corrected chi connectivity index (χ3v) is 7.72. The SMILES string of the molecule is CCOC(=O)CCCCCN1C(=O)/C(=C\c2cc(Br)c(OCc3cccc(Br)c3)c(OC)c2)SC1=S. The normalized spacial score (nSPS) is 14.4. The maximum absolute atomic E-state index is 13.0. The standard InChI is InChI=1S/C26H27Br2NO5S2/c1-3-33-23(30)10-5-4-6-11-29-25(31)22(36-26(29)35)15-18-13-20(28)24(21(14-18)32-2)34-16-17-8-7-9-19(27)12-17/h7-9,12-15H,3-6,10-11,16H2,1-2H3/b22-15+. The fraction of sp³-hybridized carbons (Fsp3) is 0.346. The van der Waals surface area contributed by atoms with Crippen LogP contribution in [-0.2, 0) is 20.9 Å². The molecule has 1 saturated heterocycles. The molecule has 3 rings (SSSR count). The van der Waals surface area contributed by atoms with Gasteiger partial charge < -0.3 is 14.2 Å². The number of halogens is 2. The number of hydrogen-bond donors (Lipinski definition) is 0. The van der Waals surface area contributed by atoms with E-state index >= 15 is 0 Å². The molecule has 36 heavy (non-hydrogen) atoms. The van der Waals surface area contributed by atoms with Gasteiger partial charge in [0.1, 0.15) is 10.9 Å². The van der Waals surface area contributed by atoms with Crippen molar-refractivity contribution in [1.82, 2.24) is 4.90 Å². The van der Waals surface area contributed by atoms with E-state index in [0.717, 1.165) is 39.3 Å². The van der Waals surface area contributed by atoms with E-state index < -0.39 is 0 Å². The second-order valence-electron chi connectivity index (χ2n) is 7.90. The minimum absolute atomic E-state index is 0.111. The van der Waals surface area contributed by atoms with Crippen LogP contribution in [0, 0.1) is 0 Å². The average molecular weight is 657 g/mol. The zero-order valence-corrected chi connectivity index (χ0v) is 24.9. The first-order valence-electron chi connectivity index (χ1n) is 11.5. The zero-order chi connectivity index (χ0) is 26.1. The number of carbonyl (C=O) groups excluding carboxylic acids is 2. The van der Waals surface area contributed by atoms with Crippen LogP contribution in [0.15, 0.2) is 50.2 Å². The molecule has 10 heteroatoms. The third-order valence-electron chi connectivity index (χ3n) is 5.26. The van der Waals surface area contributed by atoms with Crippen LogP contribution in [0.2, 0.25) is 0 Å². The highest BCUT2D eigenvalue weighted by molar-refractivity contribution is 9.10. The molecule has 1 amide bonds. The summed E-state index contributed by atoms with van der Waals surface area (Å²) in [5, 5.41) is 0. The molecule has 0 saturated carbocycles. The van der Waals surface area contributed by atoms with Gasteiger partial charge >= 0.3 is 5.97 Å². The van der Waals surface area contributed by atoms with E-state index in [2.05, 4.69) is 31.9 Å². The van der Waals surface area contributed by atoms with Crippen molar-refractivity contribution in [3.05, 3.63) is 61.4 Å². The molecule has 1 aliphatic rings. The van der Waals surface area contributed by atoms with Gasteiger partial charge in [0.25, 0.3) is 5.91 Å². The Labute approximate surface area is 238 Å². The Kier molecular flexibility index (Phi) is 11.3. The van der Waals surface area contributed by atoms with E-state index in [1.807, 2.05) is 42.5 Å². The van der Waals surface area contributed by atoms with Crippen LogP contribution in [0.25, 0.3) is 6.08 Å². The van der Waals surface area contributed by atoms with Gasteiger partial charge in [-0.15, -0.1) is 0 Å². The molecular weight excluding hydrogens is 630 g/mol. The monoisotopic (exact) mass is 655 g/mol. The summed E-state index contributed by atoms with van der Waals surface area (Å²) in [6, 6.07) is 11.6. The Morgan fingerprint density at radius 1 is 1.17 bits per heavy atom. The molecule has 0 bridgehead atoms. The molecule has 192 valence electrons. The number of thiocarbonyl (C=S) groups is 1. The second-order valence-corrected chi connectivity index (χ2v) is 11.3. The van der Waals surface area contributed by atoms with Gasteiger partial charge in [-0.05, 0) is 77.2 Å². The summed E-state index contributed by atoms with van der Waals surface area (Å²) >= 11 is 13.8. The van der Waals surface area contributed by atoms with Gasteiger partial charge in [0.15, 0.2) is 11.5 Å². The summed E-state index contributed by atoms with van der Waals surface area (Å²) in [5.41, 5.74) is 1.82. The van der Waals surface area contributed by atoms with Crippen molar-refractivity contribution in [3.63, 3.8) is 0 Å². The maximum atomic E-state index is 13.0. The molecule has 0 aliphatic carbocycles. The number of thioether (sulfide) groups is 1. The number of benzene rings is 2. The van der Waals surface area contributed by atoms with E-state index in [9.17, 15) is 9.59 Å². The van der Waals surface area contributed by atoms with Crippen molar-refractivity contribution < 1.29 is 23.8 Å². The topological polar surface area (TPSA) is 65.1 Å². The lowest BCUT2D eigenvalue weighted by atomic mass is 10.1. The van der Waals surface area contributed by atoms with Crippen LogP contribution in [0.3, 0.4) is 0 Å². The van der Waals surface area contributed by atoms with Crippen molar-refractivity contribution in [1.29, 1.82) is 0 Å². The predicted octanol–water partition coefficient (Wildman–Crippen LogP) is 7.12. The molecule has 1 heterocycles. The minimum Gasteiger partial charge on any atom is -0.493 e. The summed E-state index contributed by atoms with van der Waals surface area (Å²) in [4.78, 5) is 26.6. The van der Waals surface area contributed by atoms with Gasteiger partial charge in [-0.2, -0.15) is 0 Å². The van der Waals surface area contributed by atoms with E-state index in [0.29, 0.717) is 46.9 Å². The van der Waals surface area contributed by atoms with Crippen LogP contribution >= 0.6 is 55.8 Å². The van der Waals surface area contributed by atoms with E-state index in [1.54, 1.807) is 18.9 Å². The molecule has 0 spiro atoms. The lowest BCUT2D eigenvalue weighted by molar-refractivity contribution is -0.143. The summed E-state index contributed by atoms with van der Waals surface area (Å²) in [5.74, 6) is 0.852. The van der Waals surface area contributed by atoms with Gasteiger partial charge in [0.2, 0.25) is 0 Å². The Morgan fingerprint density at radius 2 is 1.97 bits per heavy atom. The Morgan fingerprint density at radius 3 is 2.69 bits per heavy atom. The minimum atomic E-state index is -0.183. The Hall–Kier alpha value is -1.88. The first kappa shape index (κ1) is 28.7. The number of amides is 1. The molecule has 2 aromatic carbocycles. The van der Waals surface area contributed by atoms with Crippen molar-refractivity contribution in [2.24, 2.45) is 0 Å². The van der Waals surface area contributed by atoms with Crippen LogP contribution in [0.4, 0.5) is 0 Å². The third kappa shape index (κ3) is 8.06. The number of rotatable bonds is 12. The molecule has 1 aliphatic heterocycles. The molecule has 1 fully saturated rings. The van der Waals surface area contributed by atoms with Gasteiger partial charge in [-0.1, -0.05) is 58.5 Å². The number of methoxy groups -OCH3 is 1. The molecule has 0 N–H and O–H groups in total. The zero-order valence-electron chi connectivity index (χ0n) is 20.1. The van der Waals surface area contributed by atoms with Gasteiger partial charge in [-0.3, -0.25) is 14.5 Å². The molecular formula is C26H27Br2NO5S2. The lowest BCUT2D eigenvalue weighted by Gasteiger charge is -2.14. The van der Waals surface area contributed by atoms with Crippen molar-refractivity contribution >= 4 is 78.1 Å². The summed E-state index contributed by atoms with van der Waals surface area (Å²) < 4.78 is 18.8. The van der Waals surface area contributed by atoms with Crippen molar-refractivity contribution in [2.45, 2.75) is 39.2 Å². The number of nitrogens with zero attached hydrogens (tertiary/aromatic N) is 1. The average Bonchev–Trinajstić information content (AvgIpc) is 3.10. The van der Waals surface area contributed by atoms with Gasteiger partial charge in [0.05, 0.1) is 23.1 Å². The quantitative estimate of drug-likeness (QED) is 0.104. The first-order chi connectivity index (χ1) is 17.3. The highest BCUT2D eigenvalue weighted by atomic mass is 79.9. The highest BCUT2D eigenvalue weighted by Gasteiger charge is 2.31. The van der Waals surface area contributed by atoms with Crippen LogP contribution in [0.1, 0.15) is 43.7 Å². The number of hydrogen-bond acceptors (Lipinski definition) is 7. The Balaban J connectivity index is 1.63. The molecule has 6 nitrogen and oxygen atoms in total. The largest absolute Gasteiger partial charge is 0.493 e. The van der Waals surface area contributed by atoms with Gasteiger partial charge in [-0.25, -0.2) is 0 Å². The van der Waals surface area contributed by atoms with E-state index in [1.165, 1.54) is 11.8 Å². The maximum Gasteiger partial charge on any atom is 0.305 e. The van der Waals surface area contributed by atoms with Crippen molar-refractivity contribution in [2.75, 3.05) is 20.3 Å². The van der Waals surface area contributed by atoms with Crippen LogP contribution in [0.5, 0.6) is 11.5 Å². The van der Waals surface area contributed by atoms with Crippen LogP contribution < -0.4 is 9.47 Å². The Bertz CT molecular complexity index is 1160. The lowest BCUT2D eigenvalue weighted by Crippen LogP contribution is -2.29. The van der Waals surface area contributed by atoms with E-state index in [4.69, 9.17) is 26.4 Å². The smallest absolute Gasteiger partial charge is 0.305 e. The predicted molar refractivity (Wildman–Crippen MR) is 154 cm³/mol.